The number of aromatic nitrogens is 5. The van der Waals surface area contributed by atoms with Gasteiger partial charge in [-0.05, 0) is 43.7 Å². The van der Waals surface area contributed by atoms with E-state index in [2.05, 4.69) is 29.7 Å². The van der Waals surface area contributed by atoms with Gasteiger partial charge in [-0.2, -0.15) is 22.5 Å². The number of piperidine rings is 1. The highest BCUT2D eigenvalue weighted by molar-refractivity contribution is 7.09. The monoisotopic (exact) mass is 453 g/mol. The van der Waals surface area contributed by atoms with Crippen molar-refractivity contribution in [2.45, 2.75) is 38.4 Å². The molecule has 2 fully saturated rings. The lowest BCUT2D eigenvalue weighted by Gasteiger charge is -2.37. The van der Waals surface area contributed by atoms with Gasteiger partial charge in [0.05, 0.1) is 13.0 Å². The van der Waals surface area contributed by atoms with Gasteiger partial charge in [0.2, 0.25) is 11.1 Å². The van der Waals surface area contributed by atoms with E-state index in [1.165, 1.54) is 16.0 Å². The van der Waals surface area contributed by atoms with Crippen LogP contribution < -0.4 is 15.0 Å². The maximum absolute atomic E-state index is 12.4. The summed E-state index contributed by atoms with van der Waals surface area (Å²) in [6, 6.07) is 3.54. The molecule has 0 aromatic carbocycles. The smallest absolute Gasteiger partial charge is 0.392 e. The minimum absolute atomic E-state index is 0.247. The molecule has 166 valence electrons. The first-order chi connectivity index (χ1) is 14.9. The number of halogens is 3. The third kappa shape index (κ3) is 4.25. The Morgan fingerprint density at radius 1 is 1.23 bits per heavy atom. The van der Waals surface area contributed by atoms with Gasteiger partial charge >= 0.3 is 6.18 Å². The number of alkyl halides is 3. The minimum Gasteiger partial charge on any atom is -0.489 e. The van der Waals surface area contributed by atoms with Crippen LogP contribution in [0.25, 0.3) is 5.65 Å². The van der Waals surface area contributed by atoms with Crippen LogP contribution in [0.15, 0.2) is 18.3 Å². The summed E-state index contributed by atoms with van der Waals surface area (Å²) in [5.41, 5.74) is 0.404. The first-order valence-electron chi connectivity index (χ1n) is 10.2. The number of hydrogen-bond acceptors (Lipinski definition) is 8. The Morgan fingerprint density at radius 2 is 2.00 bits per heavy atom. The number of hydrogen-bond donors (Lipinski definition) is 1. The van der Waals surface area contributed by atoms with Crippen molar-refractivity contribution in [3.8, 4) is 5.75 Å². The molecule has 0 amide bonds. The lowest BCUT2D eigenvalue weighted by Crippen LogP contribution is -2.48. The second-order valence-corrected chi connectivity index (χ2v) is 8.82. The van der Waals surface area contributed by atoms with E-state index in [0.717, 1.165) is 36.9 Å². The molecule has 1 saturated heterocycles. The zero-order valence-corrected chi connectivity index (χ0v) is 17.7. The third-order valence-corrected chi connectivity index (χ3v) is 6.75. The maximum atomic E-state index is 12.4. The van der Waals surface area contributed by atoms with Crippen molar-refractivity contribution in [3.63, 3.8) is 0 Å². The van der Waals surface area contributed by atoms with Crippen molar-refractivity contribution >= 4 is 28.3 Å². The summed E-state index contributed by atoms with van der Waals surface area (Å²) in [7, 11) is 0. The van der Waals surface area contributed by atoms with Gasteiger partial charge in [-0.3, -0.25) is 0 Å². The average molecular weight is 453 g/mol. The summed E-state index contributed by atoms with van der Waals surface area (Å²) in [4.78, 5) is 11.3. The molecular weight excluding hydrogens is 431 g/mol. The van der Waals surface area contributed by atoms with Crippen LogP contribution in [0.5, 0.6) is 5.75 Å². The first-order valence-corrected chi connectivity index (χ1v) is 11.0. The van der Waals surface area contributed by atoms with Crippen molar-refractivity contribution in [1.29, 1.82) is 0 Å². The van der Waals surface area contributed by atoms with Gasteiger partial charge in [0.25, 0.3) is 0 Å². The molecule has 4 heterocycles. The fraction of sp³-hybridized carbons (Fsp3) is 0.579. The van der Waals surface area contributed by atoms with E-state index in [4.69, 9.17) is 4.74 Å². The molecule has 8 nitrogen and oxygen atoms in total. The van der Waals surface area contributed by atoms with Crippen LogP contribution in [0, 0.1) is 18.8 Å². The molecule has 3 atom stereocenters. The fourth-order valence-electron chi connectivity index (χ4n) is 4.51. The Kier molecular flexibility index (Phi) is 5.11. The van der Waals surface area contributed by atoms with Crippen LogP contribution in [0.1, 0.15) is 25.1 Å². The van der Waals surface area contributed by atoms with Crippen LogP contribution in [0.3, 0.4) is 0 Å². The molecule has 12 heteroatoms. The highest BCUT2D eigenvalue weighted by Crippen LogP contribution is 2.40. The molecule has 0 radical (unpaired) electrons. The number of fused-ring (bicyclic) bond motifs is 3. The summed E-state index contributed by atoms with van der Waals surface area (Å²) in [5.74, 6) is 2.44. The highest BCUT2D eigenvalue weighted by atomic mass is 32.1. The zero-order chi connectivity index (χ0) is 21.6. The quantitative estimate of drug-likeness (QED) is 0.611. The Hall–Kier alpha value is -2.63. The van der Waals surface area contributed by atoms with Crippen molar-refractivity contribution in [3.05, 3.63) is 24.2 Å². The Labute approximate surface area is 180 Å². The summed E-state index contributed by atoms with van der Waals surface area (Å²) in [6.07, 6.45) is -1.32. The van der Waals surface area contributed by atoms with E-state index in [0.29, 0.717) is 23.4 Å². The predicted molar refractivity (Wildman–Crippen MR) is 110 cm³/mol. The van der Waals surface area contributed by atoms with E-state index < -0.39 is 19.2 Å². The molecule has 3 aromatic heterocycles. The van der Waals surface area contributed by atoms with Crippen LogP contribution in [-0.2, 0) is 0 Å². The molecule has 1 N–H and O–H groups in total. The minimum atomic E-state index is -4.26. The van der Waals surface area contributed by atoms with Gasteiger partial charge in [-0.15, -0.1) is 5.10 Å². The van der Waals surface area contributed by atoms with E-state index in [9.17, 15) is 13.2 Å². The maximum Gasteiger partial charge on any atom is 0.392 e. The van der Waals surface area contributed by atoms with E-state index >= 15 is 0 Å². The summed E-state index contributed by atoms with van der Waals surface area (Å²) < 4.78 is 48.4. The number of ether oxygens (including phenoxy) is 1. The number of aryl methyl sites for hydroxylation is 1. The van der Waals surface area contributed by atoms with Gasteiger partial charge in [-0.1, -0.05) is 0 Å². The zero-order valence-electron chi connectivity index (χ0n) is 16.8. The average Bonchev–Trinajstić information content (AvgIpc) is 3.37. The molecule has 5 rings (SSSR count). The number of nitrogens with one attached hydrogen (secondary N) is 1. The van der Waals surface area contributed by atoms with Crippen LogP contribution in [0.4, 0.5) is 24.3 Å². The Bertz CT molecular complexity index is 1050. The second-order valence-electron chi connectivity index (χ2n) is 8.09. The summed E-state index contributed by atoms with van der Waals surface area (Å²) in [5, 5.41) is 8.91. The Morgan fingerprint density at radius 3 is 2.68 bits per heavy atom. The molecule has 31 heavy (non-hydrogen) atoms. The van der Waals surface area contributed by atoms with Crippen LogP contribution in [-0.4, -0.2) is 55.9 Å². The number of anilines is 2. The summed E-state index contributed by atoms with van der Waals surface area (Å²) >= 11 is 1.44. The number of rotatable bonds is 6. The number of nitrogens with zero attached hydrogens (tertiary/aromatic N) is 6. The third-order valence-electron chi connectivity index (χ3n) is 5.89. The molecule has 1 aliphatic carbocycles. The molecule has 1 saturated carbocycles. The molecule has 2 unspecified atom stereocenters. The van der Waals surface area contributed by atoms with Crippen LogP contribution >= 0.6 is 11.5 Å². The standard InChI is InChI=1S/C19H22F3N7OS/c1-11-23-18(31-27-11)28-9-12-4-5-13(10-28)15(12)24-17-25-16-14(3-2-7-29(16)26-17)30-8-6-19(20,21)22/h2-3,7,12-13,15H,4-6,8-10H2,1H3,(H,24,26)/t12-,13?,15?/m0/s1. The highest BCUT2D eigenvalue weighted by Gasteiger charge is 2.43. The van der Waals surface area contributed by atoms with Gasteiger partial charge in [0.1, 0.15) is 5.82 Å². The SMILES string of the molecule is Cc1nsc(N2CC3CC[C@@H](C2)C3Nc2nc3c(OCCC(F)(F)F)cccn3n2)n1. The normalized spacial score (nSPS) is 23.5. The molecule has 2 bridgehead atoms. The first kappa shape index (κ1) is 20.3. The van der Waals surface area contributed by atoms with Gasteiger partial charge in [0.15, 0.2) is 11.4 Å². The van der Waals surface area contributed by atoms with E-state index in [1.807, 2.05) is 6.92 Å². The fourth-order valence-corrected chi connectivity index (χ4v) is 5.20. The molecule has 0 spiro atoms. The van der Waals surface area contributed by atoms with Crippen molar-refractivity contribution < 1.29 is 17.9 Å². The summed E-state index contributed by atoms with van der Waals surface area (Å²) in [6.45, 7) is 3.26. The van der Waals surface area contributed by atoms with Gasteiger partial charge < -0.3 is 15.0 Å². The van der Waals surface area contributed by atoms with Crippen LogP contribution in [0.2, 0.25) is 0 Å². The van der Waals surface area contributed by atoms with Crippen molar-refractivity contribution in [2.24, 2.45) is 11.8 Å². The molecule has 1 aliphatic heterocycles. The van der Waals surface area contributed by atoms with Crippen molar-refractivity contribution in [2.75, 3.05) is 29.9 Å². The number of pyridine rings is 1. The van der Waals surface area contributed by atoms with Gasteiger partial charge in [0, 0.05) is 36.9 Å². The van der Waals surface area contributed by atoms with Gasteiger partial charge in [-0.25, -0.2) is 9.50 Å². The largest absolute Gasteiger partial charge is 0.489 e. The van der Waals surface area contributed by atoms with Crippen molar-refractivity contribution in [1.82, 2.24) is 24.0 Å². The lowest BCUT2D eigenvalue weighted by atomic mass is 9.92. The second kappa shape index (κ2) is 7.81. The van der Waals surface area contributed by atoms with E-state index in [-0.39, 0.29) is 11.8 Å². The Balaban J connectivity index is 1.28. The van der Waals surface area contributed by atoms with E-state index in [1.54, 1.807) is 18.3 Å². The lowest BCUT2D eigenvalue weighted by molar-refractivity contribution is -0.139. The molecular formula is C19H22F3N7OS. The molecule has 2 aliphatic rings. The topological polar surface area (TPSA) is 80.5 Å². The predicted octanol–water partition coefficient (Wildman–Crippen LogP) is 3.55. The molecule has 3 aromatic rings.